The molecule has 0 bridgehead atoms. The summed E-state index contributed by atoms with van der Waals surface area (Å²) in [7, 11) is 0. The zero-order valence-corrected chi connectivity index (χ0v) is 5.00. The molecule has 0 radical (unpaired) electrons. The highest BCUT2D eigenvalue weighted by molar-refractivity contribution is 5.35. The third-order valence-electron chi connectivity index (χ3n) is 1.31. The summed E-state index contributed by atoms with van der Waals surface area (Å²) >= 11 is 0. The van der Waals surface area contributed by atoms with Crippen LogP contribution in [-0.2, 0) is 0 Å². The fourth-order valence-electron chi connectivity index (χ4n) is 0.730. The van der Waals surface area contributed by atoms with Crippen molar-refractivity contribution in [1.82, 2.24) is 0 Å². The molecule has 0 saturated carbocycles. The van der Waals surface area contributed by atoms with E-state index in [1.807, 2.05) is 0 Å². The van der Waals surface area contributed by atoms with E-state index in [4.69, 9.17) is 15.3 Å². The van der Waals surface area contributed by atoms with Crippen molar-refractivity contribution in [1.29, 1.82) is 0 Å². The molecule has 0 aromatic heterocycles. The van der Waals surface area contributed by atoms with Gasteiger partial charge < -0.3 is 15.3 Å². The van der Waals surface area contributed by atoms with Crippen molar-refractivity contribution in [2.24, 2.45) is 0 Å². The maximum absolute atomic E-state index is 8.85. The first-order valence-electron chi connectivity index (χ1n) is 2.61. The lowest BCUT2D eigenvalue weighted by molar-refractivity contribution is 0.143. The van der Waals surface area contributed by atoms with Crippen molar-refractivity contribution < 1.29 is 15.3 Å². The summed E-state index contributed by atoms with van der Waals surface area (Å²) in [6, 6.07) is 0. The average Bonchev–Trinajstić information content (AvgIpc) is 1.98. The van der Waals surface area contributed by atoms with E-state index in [0.717, 1.165) is 0 Å². The molecule has 0 amide bonds. The van der Waals surface area contributed by atoms with Crippen LogP contribution in [0.5, 0.6) is 0 Å². The highest BCUT2D eigenvalue weighted by Gasteiger charge is 2.22. The summed E-state index contributed by atoms with van der Waals surface area (Å²) in [5, 5.41) is 26.4. The van der Waals surface area contributed by atoms with Crippen LogP contribution in [0.4, 0.5) is 0 Å². The van der Waals surface area contributed by atoms with Crippen LogP contribution in [0.25, 0.3) is 0 Å². The third-order valence-corrected chi connectivity index (χ3v) is 1.31. The minimum atomic E-state index is -1.19. The lowest BCUT2D eigenvalue weighted by Crippen LogP contribution is -2.08. The Kier molecular flexibility index (Phi) is 1.21. The molecular formula is C6H8O3. The molecule has 1 unspecified atom stereocenters. The summed E-state index contributed by atoms with van der Waals surface area (Å²) in [4.78, 5) is 0. The molecule has 0 fully saturated rings. The summed E-state index contributed by atoms with van der Waals surface area (Å²) < 4.78 is 0. The number of hydrogen-bond donors (Lipinski definition) is 3. The van der Waals surface area contributed by atoms with Gasteiger partial charge in [-0.05, 0) is 18.6 Å². The number of aliphatic hydroxyl groups is 3. The summed E-state index contributed by atoms with van der Waals surface area (Å²) in [6.45, 7) is 1.61. The summed E-state index contributed by atoms with van der Waals surface area (Å²) in [5.41, 5.74) is 0.514. The Labute approximate surface area is 52.6 Å². The topological polar surface area (TPSA) is 60.7 Å². The Balaban J connectivity index is 2.92. The van der Waals surface area contributed by atoms with Gasteiger partial charge in [-0.25, -0.2) is 0 Å². The van der Waals surface area contributed by atoms with Gasteiger partial charge in [0.15, 0.2) is 6.10 Å². The molecule has 3 nitrogen and oxygen atoms in total. The lowest BCUT2D eigenvalue weighted by Gasteiger charge is -2.01. The van der Waals surface area contributed by atoms with Crippen LogP contribution >= 0.6 is 0 Å². The van der Waals surface area contributed by atoms with E-state index in [2.05, 4.69) is 0 Å². The van der Waals surface area contributed by atoms with Gasteiger partial charge in [0.05, 0.1) is 0 Å². The van der Waals surface area contributed by atoms with Gasteiger partial charge in [-0.15, -0.1) is 0 Å². The monoisotopic (exact) mass is 128 g/mol. The molecule has 3 heteroatoms. The smallest absolute Gasteiger partial charge is 0.168 e. The van der Waals surface area contributed by atoms with E-state index in [-0.39, 0.29) is 11.5 Å². The molecule has 9 heavy (non-hydrogen) atoms. The molecule has 0 spiro atoms. The molecule has 1 atom stereocenters. The summed E-state index contributed by atoms with van der Waals surface area (Å²) in [5.74, 6) is -0.350. The second-order valence-corrected chi connectivity index (χ2v) is 2.04. The van der Waals surface area contributed by atoms with Gasteiger partial charge in [-0.2, -0.15) is 0 Å². The Morgan fingerprint density at radius 2 is 2.00 bits per heavy atom. The molecular weight excluding hydrogens is 120 g/mol. The number of aliphatic hydroxyl groups excluding tert-OH is 3. The molecule has 0 aromatic carbocycles. The van der Waals surface area contributed by atoms with Crippen LogP contribution in [-0.4, -0.2) is 21.4 Å². The number of hydrogen-bond acceptors (Lipinski definition) is 3. The first-order chi connectivity index (χ1) is 4.13. The van der Waals surface area contributed by atoms with E-state index in [9.17, 15) is 0 Å². The van der Waals surface area contributed by atoms with Gasteiger partial charge in [0.25, 0.3) is 0 Å². The van der Waals surface area contributed by atoms with Gasteiger partial charge in [0.2, 0.25) is 0 Å². The molecule has 0 aromatic rings. The lowest BCUT2D eigenvalue weighted by atomic mass is 10.3. The zero-order valence-electron chi connectivity index (χ0n) is 5.00. The Bertz CT molecular complexity index is 190. The minimum Gasteiger partial charge on any atom is -0.509 e. The molecule has 0 saturated heterocycles. The fourth-order valence-corrected chi connectivity index (χ4v) is 0.730. The van der Waals surface area contributed by atoms with E-state index >= 15 is 0 Å². The van der Waals surface area contributed by atoms with Crippen molar-refractivity contribution >= 4 is 0 Å². The molecule has 0 aliphatic heterocycles. The van der Waals surface area contributed by atoms with Crippen LogP contribution in [0, 0.1) is 0 Å². The third kappa shape index (κ3) is 0.791. The van der Waals surface area contributed by atoms with Crippen molar-refractivity contribution in [3.05, 3.63) is 23.2 Å². The predicted octanol–water partition coefficient (Wildman–Crippen LogP) is 0.635. The highest BCUT2D eigenvalue weighted by Crippen LogP contribution is 2.20. The van der Waals surface area contributed by atoms with E-state index in [1.165, 1.54) is 6.08 Å². The maximum atomic E-state index is 8.85. The largest absolute Gasteiger partial charge is 0.509 e. The number of rotatable bonds is 0. The molecule has 0 heterocycles. The quantitative estimate of drug-likeness (QED) is 0.448. The first kappa shape index (κ1) is 6.16. The van der Waals surface area contributed by atoms with Crippen LogP contribution in [0.15, 0.2) is 23.2 Å². The Hall–Kier alpha value is -0.960. The minimum absolute atomic E-state index is 0.160. The number of allylic oxidation sites excluding steroid dienone is 2. The van der Waals surface area contributed by atoms with E-state index in [0.29, 0.717) is 5.57 Å². The van der Waals surface area contributed by atoms with Gasteiger partial charge in [-0.3, -0.25) is 0 Å². The molecule has 1 aliphatic carbocycles. The van der Waals surface area contributed by atoms with Gasteiger partial charge in [0.1, 0.15) is 11.5 Å². The van der Waals surface area contributed by atoms with Crippen molar-refractivity contribution in [3.63, 3.8) is 0 Å². The van der Waals surface area contributed by atoms with Crippen LogP contribution in [0.1, 0.15) is 6.92 Å². The fraction of sp³-hybridized carbons (Fsp3) is 0.333. The van der Waals surface area contributed by atoms with Crippen LogP contribution < -0.4 is 0 Å². The predicted molar refractivity (Wildman–Crippen MR) is 32.0 cm³/mol. The molecule has 1 rings (SSSR count). The second kappa shape index (κ2) is 1.77. The SMILES string of the molecule is CC1=C(O)C(O)C(O)=C1. The van der Waals surface area contributed by atoms with Crippen molar-refractivity contribution in [2.75, 3.05) is 0 Å². The highest BCUT2D eigenvalue weighted by atomic mass is 16.4. The standard InChI is InChI=1S/C6H8O3/c1-3-2-4(7)6(9)5(3)8/h2,6-9H,1H3. The zero-order chi connectivity index (χ0) is 7.02. The van der Waals surface area contributed by atoms with E-state index < -0.39 is 6.10 Å². The van der Waals surface area contributed by atoms with Crippen molar-refractivity contribution in [2.45, 2.75) is 13.0 Å². The molecule has 3 N–H and O–H groups in total. The van der Waals surface area contributed by atoms with Gasteiger partial charge in [0, 0.05) is 0 Å². The first-order valence-corrected chi connectivity index (χ1v) is 2.61. The molecule has 1 aliphatic rings. The average molecular weight is 128 g/mol. The molecule has 50 valence electrons. The normalized spacial score (nSPS) is 26.9. The van der Waals surface area contributed by atoms with E-state index in [1.54, 1.807) is 6.92 Å². The van der Waals surface area contributed by atoms with Gasteiger partial charge >= 0.3 is 0 Å². The Morgan fingerprint density at radius 3 is 2.11 bits per heavy atom. The van der Waals surface area contributed by atoms with Crippen LogP contribution in [0.3, 0.4) is 0 Å². The van der Waals surface area contributed by atoms with Crippen LogP contribution in [0.2, 0.25) is 0 Å². The van der Waals surface area contributed by atoms with Crippen molar-refractivity contribution in [3.8, 4) is 0 Å². The Morgan fingerprint density at radius 1 is 1.44 bits per heavy atom. The summed E-state index contributed by atoms with van der Waals surface area (Å²) in [6.07, 6.45) is 0.144. The maximum Gasteiger partial charge on any atom is 0.168 e. The second-order valence-electron chi connectivity index (χ2n) is 2.04. The van der Waals surface area contributed by atoms with Gasteiger partial charge in [-0.1, -0.05) is 0 Å².